The second-order valence-corrected chi connectivity index (χ2v) is 7.04. The molecule has 0 aromatic heterocycles. The van der Waals surface area contributed by atoms with Crippen molar-refractivity contribution in [2.45, 2.75) is 37.5 Å². The normalized spacial score (nSPS) is 17.2. The van der Waals surface area contributed by atoms with Crippen LogP contribution >= 0.6 is 0 Å². The molecule has 5 heteroatoms. The number of nitrogens with one attached hydrogen (secondary N) is 1. The first-order chi connectivity index (χ1) is 9.58. The third-order valence-corrected chi connectivity index (χ3v) is 5.09. The second kappa shape index (κ2) is 7.20. The molecule has 0 aliphatic carbocycles. The minimum absolute atomic E-state index is 0.241. The summed E-state index contributed by atoms with van der Waals surface area (Å²) in [7, 11) is -3.59. The van der Waals surface area contributed by atoms with Gasteiger partial charge in [-0.2, -0.15) is 8.42 Å². The fourth-order valence-corrected chi connectivity index (χ4v) is 3.43. The van der Waals surface area contributed by atoms with E-state index in [1.165, 1.54) is 12.8 Å². The number of benzene rings is 1. The van der Waals surface area contributed by atoms with Crippen LogP contribution in [-0.2, 0) is 14.3 Å². The predicted molar refractivity (Wildman–Crippen MR) is 79.1 cm³/mol. The largest absolute Gasteiger partial charge is 0.317 e. The van der Waals surface area contributed by atoms with Crippen molar-refractivity contribution >= 4 is 10.1 Å². The van der Waals surface area contributed by atoms with Crippen molar-refractivity contribution in [2.24, 2.45) is 5.92 Å². The lowest BCUT2D eigenvalue weighted by Crippen LogP contribution is -2.27. The molecule has 1 heterocycles. The van der Waals surface area contributed by atoms with E-state index in [-0.39, 0.29) is 11.5 Å². The molecule has 0 saturated carbocycles. The molecule has 1 aromatic rings. The summed E-state index contributed by atoms with van der Waals surface area (Å²) in [5.41, 5.74) is 1.04. The molecule has 1 aromatic carbocycles. The number of aryl methyl sites for hydroxylation is 1. The molecule has 1 saturated heterocycles. The Kier molecular flexibility index (Phi) is 5.57. The van der Waals surface area contributed by atoms with E-state index in [0.717, 1.165) is 31.5 Å². The Morgan fingerprint density at radius 2 is 1.85 bits per heavy atom. The summed E-state index contributed by atoms with van der Waals surface area (Å²) in [6, 6.07) is 6.76. The lowest BCUT2D eigenvalue weighted by atomic mass is 9.93. The van der Waals surface area contributed by atoms with E-state index >= 15 is 0 Å². The van der Waals surface area contributed by atoms with Crippen molar-refractivity contribution < 1.29 is 12.6 Å². The van der Waals surface area contributed by atoms with Gasteiger partial charge in [-0.3, -0.25) is 4.18 Å². The van der Waals surface area contributed by atoms with Crippen LogP contribution in [0.4, 0.5) is 0 Å². The highest BCUT2D eigenvalue weighted by Crippen LogP contribution is 2.19. The van der Waals surface area contributed by atoms with Crippen molar-refractivity contribution in [1.82, 2.24) is 5.32 Å². The second-order valence-electron chi connectivity index (χ2n) is 5.42. The van der Waals surface area contributed by atoms with Crippen LogP contribution in [0.3, 0.4) is 0 Å². The van der Waals surface area contributed by atoms with Gasteiger partial charge in [0.05, 0.1) is 11.5 Å². The summed E-state index contributed by atoms with van der Waals surface area (Å²) in [6.07, 6.45) is 4.22. The van der Waals surface area contributed by atoms with Crippen molar-refractivity contribution in [1.29, 1.82) is 0 Å². The van der Waals surface area contributed by atoms with Gasteiger partial charge in [0.2, 0.25) is 0 Å². The SMILES string of the molecule is Cc1ccc(S(=O)(=O)OCCCC2CCNCC2)cc1. The van der Waals surface area contributed by atoms with Gasteiger partial charge >= 0.3 is 0 Å². The van der Waals surface area contributed by atoms with Gasteiger partial charge < -0.3 is 5.32 Å². The van der Waals surface area contributed by atoms with Crippen molar-refractivity contribution in [3.63, 3.8) is 0 Å². The Hall–Kier alpha value is -0.910. The van der Waals surface area contributed by atoms with E-state index < -0.39 is 10.1 Å². The first kappa shape index (κ1) is 15.5. The Bertz CT molecular complexity index is 504. The minimum Gasteiger partial charge on any atom is -0.317 e. The zero-order chi connectivity index (χ0) is 14.4. The maximum atomic E-state index is 12.0. The molecule has 0 bridgehead atoms. The van der Waals surface area contributed by atoms with Gasteiger partial charge in [-0.1, -0.05) is 17.7 Å². The number of hydrogen-bond donors (Lipinski definition) is 1. The molecule has 20 heavy (non-hydrogen) atoms. The number of hydrogen-bond acceptors (Lipinski definition) is 4. The molecule has 0 amide bonds. The molecule has 0 radical (unpaired) electrons. The Balaban J connectivity index is 1.76. The predicted octanol–water partition coefficient (Wildman–Crippen LogP) is 2.48. The number of rotatable bonds is 6. The fourth-order valence-electron chi connectivity index (χ4n) is 2.48. The topological polar surface area (TPSA) is 55.4 Å². The van der Waals surface area contributed by atoms with E-state index in [9.17, 15) is 8.42 Å². The highest BCUT2D eigenvalue weighted by Gasteiger charge is 2.16. The molecule has 4 nitrogen and oxygen atoms in total. The van der Waals surface area contributed by atoms with Gasteiger partial charge in [-0.25, -0.2) is 0 Å². The zero-order valence-electron chi connectivity index (χ0n) is 12.0. The van der Waals surface area contributed by atoms with Gasteiger partial charge in [0.25, 0.3) is 10.1 Å². The number of piperidine rings is 1. The monoisotopic (exact) mass is 297 g/mol. The van der Waals surface area contributed by atoms with Crippen molar-refractivity contribution in [2.75, 3.05) is 19.7 Å². The first-order valence-electron chi connectivity index (χ1n) is 7.25. The van der Waals surface area contributed by atoms with Crippen LogP contribution in [0.2, 0.25) is 0 Å². The third kappa shape index (κ3) is 4.58. The summed E-state index contributed by atoms with van der Waals surface area (Å²) >= 11 is 0. The Labute approximate surface area is 121 Å². The molecular weight excluding hydrogens is 274 g/mol. The van der Waals surface area contributed by atoms with Gasteiger partial charge in [0, 0.05) is 0 Å². The maximum Gasteiger partial charge on any atom is 0.296 e. The summed E-state index contributed by atoms with van der Waals surface area (Å²) in [4.78, 5) is 0.241. The Morgan fingerprint density at radius 3 is 2.50 bits per heavy atom. The molecule has 1 N–H and O–H groups in total. The van der Waals surface area contributed by atoms with Crippen LogP contribution in [0.15, 0.2) is 29.2 Å². The standard InChI is InChI=1S/C15H23NO3S/c1-13-4-6-15(7-5-13)20(17,18)19-12-2-3-14-8-10-16-11-9-14/h4-7,14,16H,2-3,8-12H2,1H3. The highest BCUT2D eigenvalue weighted by molar-refractivity contribution is 7.86. The van der Waals surface area contributed by atoms with Crippen LogP contribution in [0.25, 0.3) is 0 Å². The maximum absolute atomic E-state index is 12.0. The van der Waals surface area contributed by atoms with Crippen molar-refractivity contribution in [3.8, 4) is 0 Å². The van der Waals surface area contributed by atoms with Gasteiger partial charge in [-0.15, -0.1) is 0 Å². The molecule has 2 rings (SSSR count). The third-order valence-electron chi connectivity index (χ3n) is 3.76. The molecule has 0 spiro atoms. The molecule has 0 atom stereocenters. The molecule has 1 fully saturated rings. The molecular formula is C15H23NO3S. The molecule has 0 unspecified atom stereocenters. The average molecular weight is 297 g/mol. The van der Waals surface area contributed by atoms with Crippen LogP contribution in [0, 0.1) is 12.8 Å². The average Bonchev–Trinajstić information content (AvgIpc) is 2.45. The highest BCUT2D eigenvalue weighted by atomic mass is 32.2. The van der Waals surface area contributed by atoms with E-state index in [2.05, 4.69) is 5.32 Å². The molecule has 112 valence electrons. The quantitative estimate of drug-likeness (QED) is 0.647. The summed E-state index contributed by atoms with van der Waals surface area (Å²) in [5.74, 6) is 0.710. The van der Waals surface area contributed by atoms with E-state index in [4.69, 9.17) is 4.18 Å². The van der Waals surface area contributed by atoms with E-state index in [1.807, 2.05) is 6.92 Å². The molecule has 1 aliphatic heterocycles. The van der Waals surface area contributed by atoms with Crippen molar-refractivity contribution in [3.05, 3.63) is 29.8 Å². The first-order valence-corrected chi connectivity index (χ1v) is 8.65. The summed E-state index contributed by atoms with van der Waals surface area (Å²) in [6.45, 7) is 4.36. The van der Waals surface area contributed by atoms with Gasteiger partial charge in [-0.05, 0) is 63.7 Å². The lowest BCUT2D eigenvalue weighted by molar-refractivity contribution is 0.276. The summed E-state index contributed by atoms with van der Waals surface area (Å²) in [5, 5.41) is 3.33. The zero-order valence-corrected chi connectivity index (χ0v) is 12.8. The van der Waals surface area contributed by atoms with Gasteiger partial charge in [0.1, 0.15) is 0 Å². The smallest absolute Gasteiger partial charge is 0.296 e. The van der Waals surface area contributed by atoms with Crippen LogP contribution < -0.4 is 5.32 Å². The lowest BCUT2D eigenvalue weighted by Gasteiger charge is -2.22. The fraction of sp³-hybridized carbons (Fsp3) is 0.600. The van der Waals surface area contributed by atoms with E-state index in [1.54, 1.807) is 24.3 Å². The van der Waals surface area contributed by atoms with Crippen LogP contribution in [0.5, 0.6) is 0 Å². The van der Waals surface area contributed by atoms with E-state index in [0.29, 0.717) is 5.92 Å². The molecule has 1 aliphatic rings. The Morgan fingerprint density at radius 1 is 1.20 bits per heavy atom. The summed E-state index contributed by atoms with van der Waals surface area (Å²) < 4.78 is 29.0. The van der Waals surface area contributed by atoms with Crippen LogP contribution in [-0.4, -0.2) is 28.1 Å². The minimum atomic E-state index is -3.59. The van der Waals surface area contributed by atoms with Gasteiger partial charge in [0.15, 0.2) is 0 Å². The van der Waals surface area contributed by atoms with Crippen LogP contribution in [0.1, 0.15) is 31.2 Å².